The fourth-order valence-electron chi connectivity index (χ4n) is 5.78. The molecule has 2 fully saturated rings. The first kappa shape index (κ1) is 25.2. The van der Waals surface area contributed by atoms with Crippen molar-refractivity contribution in [1.82, 2.24) is 25.5 Å². The fourth-order valence-corrected chi connectivity index (χ4v) is 5.78. The van der Waals surface area contributed by atoms with Gasteiger partial charge in [0.15, 0.2) is 17.3 Å². The second kappa shape index (κ2) is 11.2. The Morgan fingerprint density at radius 1 is 1.06 bits per heavy atom. The van der Waals surface area contributed by atoms with Crippen LogP contribution in [0.5, 0.6) is 17.2 Å². The zero-order chi connectivity index (χ0) is 24.9. The number of methoxy groups -OCH3 is 5. The molecule has 2 aromatic rings. The molecular formula is C24H35N5O6. The number of nitrogens with one attached hydrogen (secondary N) is 1. The van der Waals surface area contributed by atoms with E-state index in [0.29, 0.717) is 48.1 Å². The molecule has 11 nitrogen and oxygen atoms in total. The third-order valence-electron chi connectivity index (χ3n) is 7.37. The summed E-state index contributed by atoms with van der Waals surface area (Å²) >= 11 is 0. The van der Waals surface area contributed by atoms with Crippen molar-refractivity contribution >= 4 is 5.97 Å². The highest BCUT2D eigenvalue weighted by atomic mass is 16.5. The normalized spacial score (nSPS) is 24.1. The van der Waals surface area contributed by atoms with Gasteiger partial charge < -0.3 is 23.7 Å². The Morgan fingerprint density at radius 2 is 1.74 bits per heavy atom. The van der Waals surface area contributed by atoms with Crippen LogP contribution in [-0.4, -0.2) is 74.4 Å². The molecule has 0 radical (unpaired) electrons. The van der Waals surface area contributed by atoms with Crippen LogP contribution in [0.1, 0.15) is 43.1 Å². The van der Waals surface area contributed by atoms with Crippen molar-refractivity contribution in [3.63, 3.8) is 0 Å². The van der Waals surface area contributed by atoms with Crippen LogP contribution >= 0.6 is 0 Å². The summed E-state index contributed by atoms with van der Waals surface area (Å²) in [5.74, 6) is 2.92. The summed E-state index contributed by atoms with van der Waals surface area (Å²) < 4.78 is 29.2. The number of rotatable bonds is 11. The van der Waals surface area contributed by atoms with Crippen LogP contribution in [0.4, 0.5) is 0 Å². The molecule has 4 rings (SSSR count). The van der Waals surface area contributed by atoms with Gasteiger partial charge in [0.05, 0.1) is 53.1 Å². The van der Waals surface area contributed by atoms with E-state index in [2.05, 4.69) is 20.8 Å². The lowest BCUT2D eigenvalue weighted by Gasteiger charge is -2.37. The van der Waals surface area contributed by atoms with Gasteiger partial charge in [0.2, 0.25) is 0 Å². The number of carbonyl (C=O) groups is 1. The Bertz CT molecular complexity index is 1000. The van der Waals surface area contributed by atoms with Crippen LogP contribution in [0.25, 0.3) is 0 Å². The number of benzene rings is 1. The van der Waals surface area contributed by atoms with E-state index in [9.17, 15) is 4.79 Å². The smallest absolute Gasteiger partial charge is 0.308 e. The van der Waals surface area contributed by atoms with Crippen molar-refractivity contribution in [2.24, 2.45) is 17.8 Å². The Labute approximate surface area is 205 Å². The Kier molecular flexibility index (Phi) is 8.07. The predicted octanol–water partition coefficient (Wildman–Crippen LogP) is 2.00. The van der Waals surface area contributed by atoms with Gasteiger partial charge in [0, 0.05) is 13.2 Å². The molecule has 5 atom stereocenters. The minimum atomic E-state index is -0.440. The minimum absolute atomic E-state index is 0.0538. The zero-order valence-corrected chi connectivity index (χ0v) is 21.0. The highest BCUT2D eigenvalue weighted by molar-refractivity contribution is 5.72. The quantitative estimate of drug-likeness (QED) is 0.470. The SMILES string of the molecule is COCCn1nnnc1C(NC1[C@@H]2CC[C@H]1CC(C(=O)OC)C2)c1c(OC)ccc(OC)c1OC. The van der Waals surface area contributed by atoms with Crippen LogP contribution in [0.3, 0.4) is 0 Å². The molecule has 2 aliphatic carbocycles. The molecule has 0 spiro atoms. The average molecular weight is 490 g/mol. The molecule has 35 heavy (non-hydrogen) atoms. The maximum atomic E-state index is 12.3. The van der Waals surface area contributed by atoms with Gasteiger partial charge in [-0.05, 0) is 60.1 Å². The molecule has 2 aliphatic rings. The third-order valence-corrected chi connectivity index (χ3v) is 7.37. The van der Waals surface area contributed by atoms with E-state index in [-0.39, 0.29) is 17.9 Å². The number of aromatic nitrogens is 4. The van der Waals surface area contributed by atoms with Crippen LogP contribution in [-0.2, 0) is 20.8 Å². The molecule has 1 aromatic heterocycles. The molecule has 0 aliphatic heterocycles. The van der Waals surface area contributed by atoms with Gasteiger partial charge >= 0.3 is 5.97 Å². The summed E-state index contributed by atoms with van der Waals surface area (Å²) in [6, 6.07) is 3.41. The number of tetrazole rings is 1. The lowest BCUT2D eigenvalue weighted by atomic mass is 9.77. The number of nitrogens with zero attached hydrogens (tertiary/aromatic N) is 4. The predicted molar refractivity (Wildman–Crippen MR) is 126 cm³/mol. The Hall–Kier alpha value is -2.92. The summed E-state index contributed by atoms with van der Waals surface area (Å²) in [7, 11) is 7.95. The molecule has 0 amide bonds. The van der Waals surface area contributed by atoms with Gasteiger partial charge in [-0.15, -0.1) is 5.10 Å². The Morgan fingerprint density at radius 3 is 2.34 bits per heavy atom. The summed E-state index contributed by atoms with van der Waals surface area (Å²) in [6.45, 7) is 0.959. The van der Waals surface area contributed by atoms with Gasteiger partial charge in [0.1, 0.15) is 11.8 Å². The van der Waals surface area contributed by atoms with Crippen LogP contribution in [0.2, 0.25) is 0 Å². The van der Waals surface area contributed by atoms with E-state index in [0.717, 1.165) is 31.2 Å². The number of ether oxygens (including phenoxy) is 5. The van der Waals surface area contributed by atoms with E-state index in [4.69, 9.17) is 23.7 Å². The molecule has 0 saturated heterocycles. The van der Waals surface area contributed by atoms with Crippen LogP contribution in [0.15, 0.2) is 12.1 Å². The maximum absolute atomic E-state index is 12.3. The molecule has 11 heteroatoms. The first-order valence-corrected chi connectivity index (χ1v) is 11.9. The average Bonchev–Trinajstić information content (AvgIpc) is 3.44. The van der Waals surface area contributed by atoms with Crippen molar-refractivity contribution in [1.29, 1.82) is 0 Å². The van der Waals surface area contributed by atoms with Gasteiger partial charge in [-0.3, -0.25) is 10.1 Å². The monoisotopic (exact) mass is 489 g/mol. The molecule has 1 N–H and O–H groups in total. The van der Waals surface area contributed by atoms with E-state index in [1.807, 2.05) is 12.1 Å². The minimum Gasteiger partial charge on any atom is -0.496 e. The van der Waals surface area contributed by atoms with Gasteiger partial charge in [-0.1, -0.05) is 0 Å². The largest absolute Gasteiger partial charge is 0.496 e. The van der Waals surface area contributed by atoms with Gasteiger partial charge in [-0.25, -0.2) is 4.68 Å². The van der Waals surface area contributed by atoms with E-state index < -0.39 is 6.04 Å². The summed E-state index contributed by atoms with van der Waals surface area (Å²) in [5, 5.41) is 16.4. The van der Waals surface area contributed by atoms with E-state index in [1.165, 1.54) is 7.11 Å². The highest BCUT2D eigenvalue weighted by Crippen LogP contribution is 2.48. The van der Waals surface area contributed by atoms with Crippen molar-refractivity contribution in [3.8, 4) is 17.2 Å². The number of hydrogen-bond acceptors (Lipinski definition) is 10. The standard InChI is InChI=1S/C24H35N5O6/c1-31-11-10-29-23(26-27-28-29)21(19-17(32-2)8-9-18(33-3)22(19)34-4)25-20-14-6-7-15(20)13-16(12-14)24(30)35-5/h8-9,14-16,20-21,25H,6-7,10-13H2,1-5H3/t14-,15+,16?,20?,21?. The number of fused-ring (bicyclic) bond motifs is 2. The van der Waals surface area contributed by atoms with Crippen molar-refractivity contribution < 1.29 is 28.5 Å². The molecule has 192 valence electrons. The summed E-state index contributed by atoms with van der Waals surface area (Å²) in [4.78, 5) is 12.3. The van der Waals surface area contributed by atoms with Crippen molar-refractivity contribution in [2.45, 2.75) is 44.3 Å². The maximum Gasteiger partial charge on any atom is 0.308 e. The molecule has 1 heterocycles. The summed E-state index contributed by atoms with van der Waals surface area (Å²) in [6.07, 6.45) is 3.72. The topological polar surface area (TPSA) is 119 Å². The number of carbonyl (C=O) groups excluding carboxylic acids is 1. The second-order valence-electron chi connectivity index (χ2n) is 9.08. The van der Waals surface area contributed by atoms with Crippen LogP contribution < -0.4 is 19.5 Å². The lowest BCUT2D eigenvalue weighted by Crippen LogP contribution is -2.46. The van der Waals surface area contributed by atoms with E-state index >= 15 is 0 Å². The van der Waals surface area contributed by atoms with Crippen molar-refractivity contribution in [2.75, 3.05) is 42.2 Å². The molecule has 1 aromatic carbocycles. The third kappa shape index (κ3) is 4.92. The second-order valence-corrected chi connectivity index (χ2v) is 9.08. The molecular weight excluding hydrogens is 454 g/mol. The highest BCUT2D eigenvalue weighted by Gasteiger charge is 2.46. The van der Waals surface area contributed by atoms with Gasteiger partial charge in [0.25, 0.3) is 0 Å². The van der Waals surface area contributed by atoms with E-state index in [1.54, 1.807) is 33.1 Å². The van der Waals surface area contributed by atoms with Gasteiger partial charge in [-0.2, -0.15) is 0 Å². The number of hydrogen-bond donors (Lipinski definition) is 1. The summed E-state index contributed by atoms with van der Waals surface area (Å²) in [5.41, 5.74) is 0.761. The number of esters is 1. The Balaban J connectivity index is 1.76. The molecule has 2 saturated carbocycles. The van der Waals surface area contributed by atoms with Crippen LogP contribution in [0, 0.1) is 17.8 Å². The molecule has 2 bridgehead atoms. The molecule has 3 unspecified atom stereocenters. The van der Waals surface area contributed by atoms with Crippen molar-refractivity contribution in [3.05, 3.63) is 23.5 Å². The first-order valence-electron chi connectivity index (χ1n) is 11.9. The fraction of sp³-hybridized carbons (Fsp3) is 0.667. The first-order chi connectivity index (χ1) is 17.1. The lowest BCUT2D eigenvalue weighted by molar-refractivity contribution is -0.147. The zero-order valence-electron chi connectivity index (χ0n) is 21.0.